The molecule has 3 nitrogen and oxygen atoms in total. The van der Waals surface area contributed by atoms with Crippen molar-refractivity contribution in [3.05, 3.63) is 42.4 Å². The van der Waals surface area contributed by atoms with Crippen molar-refractivity contribution in [2.24, 2.45) is 0 Å². The summed E-state index contributed by atoms with van der Waals surface area (Å²) in [5, 5.41) is 1.29. The van der Waals surface area contributed by atoms with E-state index in [0.29, 0.717) is 6.42 Å². The summed E-state index contributed by atoms with van der Waals surface area (Å²) in [7, 11) is 0. The Morgan fingerprint density at radius 3 is 2.86 bits per heavy atom. The minimum Gasteiger partial charge on any atom is -0.341 e. The molecule has 1 N–H and O–H groups in total. The van der Waals surface area contributed by atoms with E-state index in [1.807, 2.05) is 6.20 Å². The van der Waals surface area contributed by atoms with Gasteiger partial charge in [0.1, 0.15) is 12.1 Å². The highest BCUT2D eigenvalue weighted by Gasteiger charge is 2.07. The largest absolute Gasteiger partial charge is 0.341 e. The van der Waals surface area contributed by atoms with Crippen molar-refractivity contribution in [1.29, 1.82) is 0 Å². The van der Waals surface area contributed by atoms with Crippen LogP contribution in [0.4, 0.5) is 0 Å². The highest BCUT2D eigenvalue weighted by atomic mass is 32.1. The number of aromatic amines is 1. The van der Waals surface area contributed by atoms with Gasteiger partial charge in [0.05, 0.1) is 16.8 Å². The van der Waals surface area contributed by atoms with Crippen LogP contribution in [-0.4, -0.2) is 16.3 Å². The molecule has 0 aliphatic rings. The van der Waals surface area contributed by atoms with Crippen LogP contribution in [0.2, 0.25) is 0 Å². The van der Waals surface area contributed by atoms with E-state index >= 15 is 0 Å². The number of rotatable bonds is 8. The van der Waals surface area contributed by atoms with Crippen molar-refractivity contribution in [1.82, 2.24) is 9.97 Å². The monoisotopic (exact) mass is 312 g/mol. The molecule has 0 bridgehead atoms. The zero-order chi connectivity index (χ0) is 15.2. The van der Waals surface area contributed by atoms with Crippen molar-refractivity contribution in [3.63, 3.8) is 0 Å². The fourth-order valence-electron chi connectivity index (χ4n) is 2.60. The maximum absolute atomic E-state index is 10.2. The van der Waals surface area contributed by atoms with Gasteiger partial charge in [0.25, 0.3) is 0 Å². The number of aldehydes is 1. The molecule has 22 heavy (non-hydrogen) atoms. The second-order valence-electron chi connectivity index (χ2n) is 5.51. The molecule has 0 spiro atoms. The molecular formula is C18H20N2OS. The summed E-state index contributed by atoms with van der Waals surface area (Å²) in [6.45, 7) is 0. The number of hydrogen-bond donors (Lipinski definition) is 1. The number of fused-ring (bicyclic) bond motifs is 1. The van der Waals surface area contributed by atoms with Gasteiger partial charge in [-0.3, -0.25) is 0 Å². The number of nitrogens with one attached hydrogen (secondary N) is 1. The Morgan fingerprint density at radius 2 is 2.00 bits per heavy atom. The van der Waals surface area contributed by atoms with E-state index in [9.17, 15) is 4.79 Å². The molecule has 2 heterocycles. The molecule has 0 saturated heterocycles. The van der Waals surface area contributed by atoms with Crippen LogP contribution in [0.25, 0.3) is 20.7 Å². The van der Waals surface area contributed by atoms with E-state index in [2.05, 4.69) is 40.3 Å². The lowest BCUT2D eigenvalue weighted by Gasteiger charge is -1.97. The number of carbonyl (C=O) groups excluding carboxylic acids is 1. The smallest absolute Gasteiger partial charge is 0.119 e. The third kappa shape index (κ3) is 3.63. The van der Waals surface area contributed by atoms with E-state index in [4.69, 9.17) is 0 Å². The SMILES string of the molecule is O=CCCCCCCc1ncc(-c2cc3ccccc3s2)[nH]1. The number of hydrogen-bond acceptors (Lipinski definition) is 3. The predicted octanol–water partition coefficient (Wildman–Crippen LogP) is 4.98. The molecule has 0 atom stereocenters. The first-order valence-corrected chi connectivity index (χ1v) is 8.65. The first kappa shape index (κ1) is 15.0. The molecule has 0 aliphatic carbocycles. The van der Waals surface area contributed by atoms with Gasteiger partial charge in [-0.2, -0.15) is 0 Å². The first-order chi connectivity index (χ1) is 10.9. The fraction of sp³-hybridized carbons (Fsp3) is 0.333. The summed E-state index contributed by atoms with van der Waals surface area (Å²) >= 11 is 1.80. The van der Waals surface area contributed by atoms with Gasteiger partial charge in [0.2, 0.25) is 0 Å². The highest BCUT2D eigenvalue weighted by molar-refractivity contribution is 7.22. The molecule has 1 aromatic carbocycles. The van der Waals surface area contributed by atoms with Crippen molar-refractivity contribution in [3.8, 4) is 10.6 Å². The summed E-state index contributed by atoms with van der Waals surface area (Å²) in [6.07, 6.45) is 9.03. The van der Waals surface area contributed by atoms with Gasteiger partial charge in [-0.15, -0.1) is 11.3 Å². The Labute approximate surface area is 134 Å². The predicted molar refractivity (Wildman–Crippen MR) is 92.3 cm³/mol. The molecule has 2 aromatic heterocycles. The van der Waals surface area contributed by atoms with E-state index in [0.717, 1.165) is 49.9 Å². The molecule has 4 heteroatoms. The normalized spacial score (nSPS) is 11.1. The number of carbonyl (C=O) groups is 1. The first-order valence-electron chi connectivity index (χ1n) is 7.83. The van der Waals surface area contributed by atoms with Crippen molar-refractivity contribution in [2.75, 3.05) is 0 Å². The van der Waals surface area contributed by atoms with Gasteiger partial charge in [-0.05, 0) is 30.4 Å². The zero-order valence-corrected chi connectivity index (χ0v) is 13.4. The Hall–Kier alpha value is -1.94. The van der Waals surface area contributed by atoms with E-state index in [1.165, 1.54) is 15.0 Å². The van der Waals surface area contributed by atoms with Gasteiger partial charge in [0.15, 0.2) is 0 Å². The lowest BCUT2D eigenvalue weighted by atomic mass is 10.1. The minimum atomic E-state index is 0.691. The molecular weight excluding hydrogens is 292 g/mol. The van der Waals surface area contributed by atoms with Crippen molar-refractivity contribution >= 4 is 27.7 Å². The van der Waals surface area contributed by atoms with Gasteiger partial charge in [0, 0.05) is 17.5 Å². The van der Waals surface area contributed by atoms with Crippen LogP contribution in [0.1, 0.15) is 37.9 Å². The summed E-state index contributed by atoms with van der Waals surface area (Å²) in [6, 6.07) is 10.7. The lowest BCUT2D eigenvalue weighted by molar-refractivity contribution is -0.107. The van der Waals surface area contributed by atoms with Crippen molar-refractivity contribution in [2.45, 2.75) is 38.5 Å². The topological polar surface area (TPSA) is 45.8 Å². The highest BCUT2D eigenvalue weighted by Crippen LogP contribution is 2.32. The molecule has 0 amide bonds. The standard InChI is InChI=1S/C18H20N2OS/c21-11-7-3-1-2-4-10-18-19-13-15(20-18)17-12-14-8-5-6-9-16(14)22-17/h5-6,8-9,11-13H,1-4,7,10H2,(H,19,20). The summed E-state index contributed by atoms with van der Waals surface area (Å²) in [4.78, 5) is 19.4. The zero-order valence-electron chi connectivity index (χ0n) is 12.5. The van der Waals surface area contributed by atoms with Gasteiger partial charge < -0.3 is 9.78 Å². The molecule has 0 aliphatic heterocycles. The number of aryl methyl sites for hydroxylation is 1. The number of thiophene rings is 1. The Kier molecular flexibility index (Phi) is 5.01. The minimum absolute atomic E-state index is 0.691. The van der Waals surface area contributed by atoms with Crippen LogP contribution in [0.3, 0.4) is 0 Å². The Bertz CT molecular complexity index is 711. The number of benzene rings is 1. The summed E-state index contributed by atoms with van der Waals surface area (Å²) < 4.78 is 1.31. The lowest BCUT2D eigenvalue weighted by Crippen LogP contribution is -1.89. The third-order valence-electron chi connectivity index (χ3n) is 3.80. The van der Waals surface area contributed by atoms with Gasteiger partial charge in [-0.1, -0.05) is 31.0 Å². The molecule has 3 aromatic rings. The second-order valence-corrected chi connectivity index (χ2v) is 6.60. The number of unbranched alkanes of at least 4 members (excludes halogenated alkanes) is 4. The molecule has 0 radical (unpaired) electrons. The van der Waals surface area contributed by atoms with Crippen LogP contribution in [0.15, 0.2) is 36.5 Å². The molecule has 0 unspecified atom stereocenters. The average Bonchev–Trinajstić information content (AvgIpc) is 3.16. The van der Waals surface area contributed by atoms with Crippen LogP contribution in [-0.2, 0) is 11.2 Å². The summed E-state index contributed by atoms with van der Waals surface area (Å²) in [5.41, 5.74) is 1.11. The van der Waals surface area contributed by atoms with Crippen LogP contribution >= 0.6 is 11.3 Å². The van der Waals surface area contributed by atoms with E-state index in [-0.39, 0.29) is 0 Å². The molecule has 114 valence electrons. The quantitative estimate of drug-likeness (QED) is 0.471. The average molecular weight is 312 g/mol. The van der Waals surface area contributed by atoms with Gasteiger partial charge in [-0.25, -0.2) is 4.98 Å². The maximum Gasteiger partial charge on any atom is 0.119 e. The number of imidazole rings is 1. The maximum atomic E-state index is 10.2. The Morgan fingerprint density at radius 1 is 1.14 bits per heavy atom. The third-order valence-corrected chi connectivity index (χ3v) is 4.95. The van der Waals surface area contributed by atoms with E-state index in [1.54, 1.807) is 11.3 Å². The number of H-pyrrole nitrogens is 1. The van der Waals surface area contributed by atoms with Crippen LogP contribution < -0.4 is 0 Å². The van der Waals surface area contributed by atoms with Crippen LogP contribution in [0, 0.1) is 0 Å². The molecule has 3 rings (SSSR count). The van der Waals surface area contributed by atoms with E-state index < -0.39 is 0 Å². The van der Waals surface area contributed by atoms with Crippen molar-refractivity contribution < 1.29 is 4.79 Å². The number of nitrogens with zero attached hydrogens (tertiary/aromatic N) is 1. The molecule has 0 fully saturated rings. The fourth-order valence-corrected chi connectivity index (χ4v) is 3.63. The second kappa shape index (κ2) is 7.36. The number of aromatic nitrogens is 2. The van der Waals surface area contributed by atoms with Gasteiger partial charge >= 0.3 is 0 Å². The Balaban J connectivity index is 1.57. The summed E-state index contributed by atoms with van der Waals surface area (Å²) in [5.74, 6) is 1.06. The van der Waals surface area contributed by atoms with Crippen LogP contribution in [0.5, 0.6) is 0 Å². The molecule has 0 saturated carbocycles.